The highest BCUT2D eigenvalue weighted by molar-refractivity contribution is 9.10. The van der Waals surface area contributed by atoms with Crippen molar-refractivity contribution < 1.29 is 17.5 Å². The highest BCUT2D eigenvalue weighted by Crippen LogP contribution is 2.22. The molecule has 0 N–H and O–H groups in total. The lowest BCUT2D eigenvalue weighted by atomic mass is 10.3. The average molecular weight is 354 g/mol. The molecule has 0 bridgehead atoms. The zero-order chi connectivity index (χ0) is 14.5. The Bertz CT molecular complexity index is 522. The predicted molar refractivity (Wildman–Crippen MR) is 75.0 cm³/mol. The number of benzene rings is 1. The van der Waals surface area contributed by atoms with Gasteiger partial charge in [-0.25, -0.2) is 12.8 Å². The maximum atomic E-state index is 13.8. The van der Waals surface area contributed by atoms with Crippen molar-refractivity contribution in [1.82, 2.24) is 4.31 Å². The summed E-state index contributed by atoms with van der Waals surface area (Å²) in [7, 11) is -3.82. The zero-order valence-electron chi connectivity index (χ0n) is 10.9. The van der Waals surface area contributed by atoms with Crippen LogP contribution < -0.4 is 0 Å². The van der Waals surface area contributed by atoms with E-state index in [2.05, 4.69) is 15.9 Å². The van der Waals surface area contributed by atoms with Crippen LogP contribution in [0.3, 0.4) is 0 Å². The van der Waals surface area contributed by atoms with Gasteiger partial charge in [0.1, 0.15) is 10.7 Å². The van der Waals surface area contributed by atoms with Crippen molar-refractivity contribution in [1.29, 1.82) is 0 Å². The van der Waals surface area contributed by atoms with Crippen LogP contribution in [0.1, 0.15) is 13.8 Å². The molecule has 0 unspecified atom stereocenters. The molecule has 0 heterocycles. The minimum atomic E-state index is -3.82. The third-order valence-corrected chi connectivity index (χ3v) is 5.05. The van der Waals surface area contributed by atoms with E-state index in [9.17, 15) is 12.8 Å². The molecule has 1 aromatic carbocycles. The normalized spacial score (nSPS) is 12.1. The van der Waals surface area contributed by atoms with Crippen molar-refractivity contribution in [3.63, 3.8) is 0 Å². The molecule has 7 heteroatoms. The van der Waals surface area contributed by atoms with Crippen molar-refractivity contribution in [3.05, 3.63) is 28.5 Å². The molecule has 0 saturated carbocycles. The molecule has 0 spiro atoms. The predicted octanol–water partition coefficient (Wildman–Crippen LogP) is 2.64. The Labute approximate surface area is 121 Å². The number of hydrogen-bond donors (Lipinski definition) is 0. The van der Waals surface area contributed by atoms with E-state index in [0.717, 1.165) is 6.07 Å². The number of sulfonamides is 1. The third-order valence-electron chi connectivity index (χ3n) is 2.55. The van der Waals surface area contributed by atoms with Crippen molar-refractivity contribution in [2.24, 2.45) is 0 Å². The van der Waals surface area contributed by atoms with Crippen molar-refractivity contribution in [2.75, 3.05) is 26.3 Å². The fourth-order valence-electron chi connectivity index (χ4n) is 1.58. The summed E-state index contributed by atoms with van der Waals surface area (Å²) < 4.78 is 45.2. The zero-order valence-corrected chi connectivity index (χ0v) is 13.3. The van der Waals surface area contributed by atoms with Crippen LogP contribution in [0.15, 0.2) is 27.6 Å². The lowest BCUT2D eigenvalue weighted by molar-refractivity contribution is 0.135. The molecule has 19 heavy (non-hydrogen) atoms. The van der Waals surface area contributed by atoms with Gasteiger partial charge < -0.3 is 4.74 Å². The summed E-state index contributed by atoms with van der Waals surface area (Å²) in [4.78, 5) is -0.311. The molecule has 1 aromatic rings. The number of hydrogen-bond acceptors (Lipinski definition) is 3. The van der Waals surface area contributed by atoms with Gasteiger partial charge in [-0.3, -0.25) is 0 Å². The number of rotatable bonds is 7. The highest BCUT2D eigenvalue weighted by Gasteiger charge is 2.26. The van der Waals surface area contributed by atoms with Gasteiger partial charge in [-0.2, -0.15) is 4.31 Å². The van der Waals surface area contributed by atoms with E-state index < -0.39 is 15.8 Å². The standard InChI is InChI=1S/C12H17BrFNO3S/c1-3-15(7-8-18-4-2)19(16,17)12-6-5-10(13)9-11(12)14/h5-6,9H,3-4,7-8H2,1-2H3. The van der Waals surface area contributed by atoms with E-state index in [0.29, 0.717) is 17.7 Å². The first-order valence-electron chi connectivity index (χ1n) is 5.96. The Balaban J connectivity index is 2.99. The van der Waals surface area contributed by atoms with E-state index in [1.165, 1.54) is 16.4 Å². The van der Waals surface area contributed by atoms with Crippen LogP contribution in [0, 0.1) is 5.82 Å². The van der Waals surface area contributed by atoms with Gasteiger partial charge in [0.2, 0.25) is 10.0 Å². The Morgan fingerprint density at radius 3 is 2.58 bits per heavy atom. The van der Waals surface area contributed by atoms with Gasteiger partial charge in [0, 0.05) is 24.2 Å². The van der Waals surface area contributed by atoms with Gasteiger partial charge >= 0.3 is 0 Å². The molecule has 4 nitrogen and oxygen atoms in total. The molecule has 108 valence electrons. The fourth-order valence-corrected chi connectivity index (χ4v) is 3.39. The van der Waals surface area contributed by atoms with Crippen LogP contribution in [-0.2, 0) is 14.8 Å². The number of nitrogens with zero attached hydrogens (tertiary/aromatic N) is 1. The van der Waals surface area contributed by atoms with Gasteiger partial charge in [-0.15, -0.1) is 0 Å². The Morgan fingerprint density at radius 1 is 1.37 bits per heavy atom. The summed E-state index contributed by atoms with van der Waals surface area (Å²) in [6, 6.07) is 3.91. The summed E-state index contributed by atoms with van der Waals surface area (Å²) in [6.45, 7) is 4.83. The minimum absolute atomic E-state index is 0.210. The van der Waals surface area contributed by atoms with Gasteiger partial charge in [-0.05, 0) is 25.1 Å². The van der Waals surface area contributed by atoms with Gasteiger partial charge in [0.15, 0.2) is 0 Å². The molecule has 0 aliphatic heterocycles. The first-order valence-corrected chi connectivity index (χ1v) is 8.19. The van der Waals surface area contributed by atoms with Crippen molar-refractivity contribution in [2.45, 2.75) is 18.7 Å². The molecule has 1 rings (SSSR count). The SMILES string of the molecule is CCOCCN(CC)S(=O)(=O)c1ccc(Br)cc1F. The molecule has 0 saturated heterocycles. The number of ether oxygens (including phenoxy) is 1. The van der Waals surface area contributed by atoms with E-state index in [1.54, 1.807) is 6.92 Å². The summed E-state index contributed by atoms with van der Waals surface area (Å²) in [5.41, 5.74) is 0. The minimum Gasteiger partial charge on any atom is -0.380 e. The highest BCUT2D eigenvalue weighted by atomic mass is 79.9. The number of likely N-dealkylation sites (N-methyl/N-ethyl adjacent to an activating group) is 1. The monoisotopic (exact) mass is 353 g/mol. The van der Waals surface area contributed by atoms with Gasteiger partial charge in [0.25, 0.3) is 0 Å². The van der Waals surface area contributed by atoms with Gasteiger partial charge in [-0.1, -0.05) is 22.9 Å². The Morgan fingerprint density at radius 2 is 2.05 bits per heavy atom. The van der Waals surface area contributed by atoms with Crippen LogP contribution in [-0.4, -0.2) is 39.0 Å². The van der Waals surface area contributed by atoms with Crippen LogP contribution >= 0.6 is 15.9 Å². The van der Waals surface area contributed by atoms with Crippen LogP contribution in [0.4, 0.5) is 4.39 Å². The largest absolute Gasteiger partial charge is 0.380 e. The fraction of sp³-hybridized carbons (Fsp3) is 0.500. The quantitative estimate of drug-likeness (QED) is 0.708. The summed E-state index contributed by atoms with van der Waals surface area (Å²) in [5.74, 6) is -0.760. The van der Waals surface area contributed by atoms with Crippen LogP contribution in [0.5, 0.6) is 0 Å². The van der Waals surface area contributed by atoms with Crippen molar-refractivity contribution in [3.8, 4) is 0 Å². The number of halogens is 2. The van der Waals surface area contributed by atoms with Crippen LogP contribution in [0.25, 0.3) is 0 Å². The maximum Gasteiger partial charge on any atom is 0.246 e. The summed E-state index contributed by atoms with van der Waals surface area (Å²) >= 11 is 3.10. The summed E-state index contributed by atoms with van der Waals surface area (Å²) in [5, 5.41) is 0. The van der Waals surface area contributed by atoms with Crippen molar-refractivity contribution >= 4 is 26.0 Å². The second kappa shape index (κ2) is 7.33. The first-order chi connectivity index (χ1) is 8.93. The second-order valence-electron chi connectivity index (χ2n) is 3.77. The molecule has 0 aromatic heterocycles. The Kier molecular flexibility index (Phi) is 6.38. The molecule has 0 amide bonds. The van der Waals surface area contributed by atoms with E-state index in [1.807, 2.05) is 6.92 Å². The Hall–Kier alpha value is -0.500. The van der Waals surface area contributed by atoms with E-state index in [4.69, 9.17) is 4.74 Å². The first kappa shape index (κ1) is 16.6. The molecule has 0 radical (unpaired) electrons. The molecular formula is C12H17BrFNO3S. The smallest absolute Gasteiger partial charge is 0.246 e. The third kappa shape index (κ3) is 4.24. The van der Waals surface area contributed by atoms with E-state index in [-0.39, 0.29) is 18.0 Å². The molecule has 0 aliphatic carbocycles. The molecule has 0 aliphatic rings. The molecule has 0 atom stereocenters. The summed E-state index contributed by atoms with van der Waals surface area (Å²) in [6.07, 6.45) is 0. The maximum absolute atomic E-state index is 13.8. The lowest BCUT2D eigenvalue weighted by Gasteiger charge is -2.20. The lowest BCUT2D eigenvalue weighted by Crippen LogP contribution is -2.34. The molecule has 0 fully saturated rings. The second-order valence-corrected chi connectivity index (χ2v) is 6.59. The van der Waals surface area contributed by atoms with Gasteiger partial charge in [0.05, 0.1) is 6.61 Å². The van der Waals surface area contributed by atoms with E-state index >= 15 is 0 Å². The topological polar surface area (TPSA) is 46.6 Å². The average Bonchev–Trinajstić information content (AvgIpc) is 2.33. The van der Waals surface area contributed by atoms with Crippen LogP contribution in [0.2, 0.25) is 0 Å². The molecular weight excluding hydrogens is 337 g/mol.